The zero-order chi connectivity index (χ0) is 20.2. The van der Waals surface area contributed by atoms with Crippen LogP contribution in [-0.4, -0.2) is 16.7 Å². The fourth-order valence-corrected chi connectivity index (χ4v) is 3.75. The molecule has 1 aromatic heterocycles. The molecule has 1 aromatic carbocycles. The van der Waals surface area contributed by atoms with E-state index in [0.29, 0.717) is 5.92 Å². The molecule has 0 fully saturated rings. The summed E-state index contributed by atoms with van der Waals surface area (Å²) in [5, 5.41) is 4.90. The van der Waals surface area contributed by atoms with E-state index in [1.54, 1.807) is 0 Å². The molecule has 2 heteroatoms. The van der Waals surface area contributed by atoms with E-state index in [2.05, 4.69) is 89.0 Å². The van der Waals surface area contributed by atoms with E-state index in [1.807, 2.05) is 0 Å². The Morgan fingerprint density at radius 2 is 1.81 bits per heavy atom. The van der Waals surface area contributed by atoms with Gasteiger partial charge in [-0.15, -0.1) is 0 Å². The second kappa shape index (κ2) is 8.93. The molecule has 2 rings (SSSR count). The van der Waals surface area contributed by atoms with E-state index in [4.69, 9.17) is 0 Å². The third kappa shape index (κ3) is 5.35. The van der Waals surface area contributed by atoms with Crippen LogP contribution in [0.1, 0.15) is 71.6 Å². The third-order valence-corrected chi connectivity index (χ3v) is 5.48. The molecule has 148 valence electrons. The quantitative estimate of drug-likeness (QED) is 0.516. The zero-order valence-electron chi connectivity index (χ0n) is 18.3. The molecule has 0 aliphatic heterocycles. The Morgan fingerprint density at radius 3 is 2.41 bits per heavy atom. The number of hydrogen-bond donors (Lipinski definition) is 1. The molecule has 1 unspecified atom stereocenters. The van der Waals surface area contributed by atoms with Gasteiger partial charge in [0.05, 0.1) is 0 Å². The molecule has 2 nitrogen and oxygen atoms in total. The van der Waals surface area contributed by atoms with Crippen LogP contribution in [0.4, 0.5) is 0 Å². The number of nitrogens with zero attached hydrogens (tertiary/aromatic N) is 1. The highest BCUT2D eigenvalue weighted by Crippen LogP contribution is 2.32. The second-order valence-corrected chi connectivity index (χ2v) is 8.80. The van der Waals surface area contributed by atoms with Crippen LogP contribution in [0.5, 0.6) is 0 Å². The predicted molar refractivity (Wildman–Crippen MR) is 122 cm³/mol. The van der Waals surface area contributed by atoms with Gasteiger partial charge in [0.25, 0.3) is 0 Å². The Hall–Kier alpha value is -1.80. The van der Waals surface area contributed by atoms with Gasteiger partial charge in [0, 0.05) is 29.2 Å². The van der Waals surface area contributed by atoms with Gasteiger partial charge in [-0.3, -0.25) is 0 Å². The highest BCUT2D eigenvalue weighted by atomic mass is 14.9. The average molecular weight is 367 g/mol. The van der Waals surface area contributed by atoms with E-state index < -0.39 is 0 Å². The van der Waals surface area contributed by atoms with Crippen LogP contribution in [0.2, 0.25) is 0 Å². The van der Waals surface area contributed by atoms with E-state index in [0.717, 1.165) is 19.4 Å². The van der Waals surface area contributed by atoms with Gasteiger partial charge in [0.15, 0.2) is 0 Å². The molecule has 1 atom stereocenters. The SMILES string of the molecule is C=C(CC)c1cc2ccc(C(=C)C(CCC)CCNC(C)(C)C)cc2n1C. The van der Waals surface area contributed by atoms with Crippen molar-refractivity contribution in [2.24, 2.45) is 13.0 Å². The molecule has 0 saturated carbocycles. The van der Waals surface area contributed by atoms with Crippen LogP contribution in [0.3, 0.4) is 0 Å². The Balaban J connectivity index is 2.25. The summed E-state index contributed by atoms with van der Waals surface area (Å²) in [7, 11) is 2.14. The summed E-state index contributed by atoms with van der Waals surface area (Å²) in [6, 6.07) is 9.04. The van der Waals surface area contributed by atoms with E-state index in [-0.39, 0.29) is 5.54 Å². The first-order valence-electron chi connectivity index (χ1n) is 10.4. The summed E-state index contributed by atoms with van der Waals surface area (Å²) in [6.07, 6.45) is 4.48. The van der Waals surface area contributed by atoms with Crippen molar-refractivity contribution >= 4 is 22.0 Å². The van der Waals surface area contributed by atoms with E-state index in [9.17, 15) is 0 Å². The van der Waals surface area contributed by atoms with Gasteiger partial charge in [-0.05, 0) is 81.3 Å². The van der Waals surface area contributed by atoms with Gasteiger partial charge < -0.3 is 9.88 Å². The first kappa shape index (κ1) is 21.5. The molecule has 0 aliphatic rings. The fourth-order valence-electron chi connectivity index (χ4n) is 3.75. The summed E-state index contributed by atoms with van der Waals surface area (Å²) in [5.74, 6) is 0.521. The minimum atomic E-state index is 0.165. The van der Waals surface area contributed by atoms with Gasteiger partial charge >= 0.3 is 0 Å². The number of allylic oxidation sites excluding steroid dienone is 2. The van der Waals surface area contributed by atoms with Crippen molar-refractivity contribution in [3.05, 3.63) is 48.7 Å². The molecule has 0 aliphatic carbocycles. The van der Waals surface area contributed by atoms with Crippen molar-refractivity contribution in [3.8, 4) is 0 Å². The molecule has 0 radical (unpaired) electrons. The lowest BCUT2D eigenvalue weighted by Gasteiger charge is -2.24. The largest absolute Gasteiger partial charge is 0.344 e. The molecule has 0 spiro atoms. The van der Waals surface area contributed by atoms with Crippen LogP contribution in [0.15, 0.2) is 37.4 Å². The van der Waals surface area contributed by atoms with Crippen LogP contribution < -0.4 is 5.32 Å². The molecule has 1 heterocycles. The molecule has 0 bridgehead atoms. The van der Waals surface area contributed by atoms with Gasteiger partial charge in [-0.2, -0.15) is 0 Å². The fraction of sp³-hybridized carbons (Fsp3) is 0.520. The third-order valence-electron chi connectivity index (χ3n) is 5.48. The van der Waals surface area contributed by atoms with Gasteiger partial charge in [0.1, 0.15) is 0 Å². The average Bonchev–Trinajstić information content (AvgIpc) is 2.95. The van der Waals surface area contributed by atoms with Crippen molar-refractivity contribution in [3.63, 3.8) is 0 Å². The number of hydrogen-bond acceptors (Lipinski definition) is 1. The lowest BCUT2D eigenvalue weighted by Crippen LogP contribution is -2.37. The first-order valence-corrected chi connectivity index (χ1v) is 10.4. The van der Waals surface area contributed by atoms with Gasteiger partial charge in [-0.25, -0.2) is 0 Å². The number of aryl methyl sites for hydroxylation is 1. The maximum Gasteiger partial charge on any atom is 0.0488 e. The normalized spacial score (nSPS) is 13.1. The minimum absolute atomic E-state index is 0.165. The topological polar surface area (TPSA) is 17.0 Å². The predicted octanol–water partition coefficient (Wildman–Crippen LogP) is 6.81. The van der Waals surface area contributed by atoms with Crippen LogP contribution >= 0.6 is 0 Å². The Bertz CT molecular complexity index is 802. The number of aromatic nitrogens is 1. The van der Waals surface area contributed by atoms with Crippen molar-refractivity contribution in [2.75, 3.05) is 6.54 Å². The summed E-state index contributed by atoms with van der Waals surface area (Å²) < 4.78 is 2.27. The number of rotatable bonds is 9. The van der Waals surface area contributed by atoms with Crippen molar-refractivity contribution in [1.82, 2.24) is 9.88 Å². The van der Waals surface area contributed by atoms with Crippen LogP contribution in [0.25, 0.3) is 22.0 Å². The zero-order valence-corrected chi connectivity index (χ0v) is 18.3. The van der Waals surface area contributed by atoms with E-state index >= 15 is 0 Å². The highest BCUT2D eigenvalue weighted by molar-refractivity contribution is 5.88. The highest BCUT2D eigenvalue weighted by Gasteiger charge is 2.17. The molecule has 0 saturated heterocycles. The van der Waals surface area contributed by atoms with Gasteiger partial charge in [-0.1, -0.05) is 45.6 Å². The minimum Gasteiger partial charge on any atom is -0.344 e. The maximum absolute atomic E-state index is 4.50. The molecule has 27 heavy (non-hydrogen) atoms. The summed E-state index contributed by atoms with van der Waals surface area (Å²) in [5.41, 5.74) is 6.39. The molecular formula is C25H38N2. The molecule has 0 amide bonds. The summed E-state index contributed by atoms with van der Waals surface area (Å²) in [4.78, 5) is 0. The number of benzene rings is 1. The van der Waals surface area contributed by atoms with Crippen LogP contribution in [0, 0.1) is 5.92 Å². The Labute approximate surface area is 166 Å². The number of nitrogens with one attached hydrogen (secondary N) is 1. The molecular weight excluding hydrogens is 328 g/mol. The second-order valence-electron chi connectivity index (χ2n) is 8.80. The smallest absolute Gasteiger partial charge is 0.0488 e. The standard InChI is InChI=1S/C25H38N2/c1-9-11-20(14-15-26-25(5,6)7)19(4)21-12-13-22-17-23(18(3)10-2)27(8)24(22)16-21/h12-13,16-17,20,26H,3-4,9-11,14-15H2,1-2,5-8H3. The van der Waals surface area contributed by atoms with Crippen molar-refractivity contribution < 1.29 is 0 Å². The first-order chi connectivity index (χ1) is 12.7. The maximum atomic E-state index is 4.50. The monoisotopic (exact) mass is 366 g/mol. The van der Waals surface area contributed by atoms with Gasteiger partial charge in [0.2, 0.25) is 0 Å². The molecule has 2 aromatic rings. The van der Waals surface area contributed by atoms with Crippen LogP contribution in [-0.2, 0) is 7.05 Å². The van der Waals surface area contributed by atoms with Crippen molar-refractivity contribution in [1.29, 1.82) is 0 Å². The Morgan fingerprint density at radius 1 is 1.11 bits per heavy atom. The van der Waals surface area contributed by atoms with Crippen molar-refractivity contribution in [2.45, 2.75) is 65.8 Å². The summed E-state index contributed by atoms with van der Waals surface area (Å²) >= 11 is 0. The lowest BCUT2D eigenvalue weighted by atomic mass is 9.87. The number of fused-ring (bicyclic) bond motifs is 1. The summed E-state index contributed by atoms with van der Waals surface area (Å²) in [6.45, 7) is 20.8. The Kier molecular flexibility index (Phi) is 7.11. The lowest BCUT2D eigenvalue weighted by molar-refractivity contribution is 0.401. The van der Waals surface area contributed by atoms with E-state index in [1.165, 1.54) is 46.1 Å². The molecule has 1 N–H and O–H groups in total.